The Morgan fingerprint density at radius 3 is 1.23 bits per heavy atom. The van der Waals surface area contributed by atoms with Crippen molar-refractivity contribution >= 4 is 15.9 Å². The molecular formula is C5H2BrF7. The smallest absolute Gasteiger partial charge is 0.224 e. The van der Waals surface area contributed by atoms with Gasteiger partial charge in [0.2, 0.25) is 4.58 Å². The van der Waals surface area contributed by atoms with Gasteiger partial charge in [-0.05, 0) is 15.9 Å². The van der Waals surface area contributed by atoms with Gasteiger partial charge in [-0.2, -0.15) is 26.3 Å². The summed E-state index contributed by atoms with van der Waals surface area (Å²) in [6.07, 6.45) is -2.25. The average Bonchev–Trinajstić information content (AvgIpc) is 1.88. The van der Waals surface area contributed by atoms with Gasteiger partial charge in [0.1, 0.15) is 0 Å². The second-order valence-electron chi connectivity index (χ2n) is 2.73. The summed E-state index contributed by atoms with van der Waals surface area (Å²) in [6.45, 7) is 0. The van der Waals surface area contributed by atoms with Crippen LogP contribution >= 0.6 is 15.9 Å². The molecule has 0 aromatic carbocycles. The highest BCUT2D eigenvalue weighted by atomic mass is 79.9. The molecule has 1 rings (SSSR count). The van der Waals surface area contributed by atoms with E-state index in [0.29, 0.717) is 0 Å². The van der Waals surface area contributed by atoms with Crippen LogP contribution in [0.25, 0.3) is 0 Å². The van der Waals surface area contributed by atoms with Gasteiger partial charge in [0.25, 0.3) is 0 Å². The Bertz CT molecular complexity index is 209. The highest BCUT2D eigenvalue weighted by molar-refractivity contribution is 9.10. The van der Waals surface area contributed by atoms with E-state index in [0.717, 1.165) is 0 Å². The Morgan fingerprint density at radius 2 is 1.15 bits per heavy atom. The lowest BCUT2D eigenvalue weighted by molar-refractivity contribution is -0.279. The molecule has 0 aliphatic heterocycles. The van der Waals surface area contributed by atoms with Crippen LogP contribution in [0.15, 0.2) is 0 Å². The second kappa shape index (κ2) is 2.32. The van der Waals surface area contributed by atoms with Crippen molar-refractivity contribution in [1.29, 1.82) is 0 Å². The van der Waals surface area contributed by atoms with E-state index < -0.39 is 28.8 Å². The zero-order chi connectivity index (χ0) is 10.7. The number of alkyl halides is 8. The van der Waals surface area contributed by atoms with E-state index in [1.54, 1.807) is 0 Å². The van der Waals surface area contributed by atoms with E-state index in [2.05, 4.69) is 0 Å². The standard InChI is InChI=1S/C5H2BrF7/c6-2(7)1-3(8,9)5(12,13)4(2,10)11/h1H2. The minimum absolute atomic E-state index is 1.54. The number of halogens is 8. The zero-order valence-corrected chi connectivity index (χ0v) is 7.32. The Hall–Kier alpha value is -0.0100. The summed E-state index contributed by atoms with van der Waals surface area (Å²) in [5.41, 5.74) is 0. The number of rotatable bonds is 0. The minimum atomic E-state index is -5.67. The molecule has 0 heterocycles. The van der Waals surface area contributed by atoms with Crippen LogP contribution in [-0.4, -0.2) is 22.3 Å². The largest absolute Gasteiger partial charge is 0.376 e. The van der Waals surface area contributed by atoms with Crippen molar-refractivity contribution in [1.82, 2.24) is 0 Å². The molecule has 0 radical (unpaired) electrons. The summed E-state index contributed by atoms with van der Waals surface area (Å²) in [5.74, 6) is -16.1. The van der Waals surface area contributed by atoms with Crippen molar-refractivity contribution in [3.8, 4) is 0 Å². The van der Waals surface area contributed by atoms with Gasteiger partial charge in [-0.3, -0.25) is 0 Å². The maximum absolute atomic E-state index is 12.6. The fraction of sp³-hybridized carbons (Fsp3) is 1.00. The zero-order valence-electron chi connectivity index (χ0n) is 5.73. The van der Waals surface area contributed by atoms with Gasteiger partial charge in [-0.1, -0.05) is 0 Å². The first-order valence-electron chi connectivity index (χ1n) is 2.97. The fourth-order valence-electron chi connectivity index (χ4n) is 0.960. The summed E-state index contributed by atoms with van der Waals surface area (Å²) >= 11 is 1.54. The molecule has 1 saturated carbocycles. The third-order valence-corrected chi connectivity index (χ3v) is 2.54. The molecule has 1 unspecified atom stereocenters. The fourth-order valence-corrected chi connectivity index (χ4v) is 1.56. The van der Waals surface area contributed by atoms with Crippen LogP contribution < -0.4 is 0 Å². The van der Waals surface area contributed by atoms with Crippen molar-refractivity contribution in [3.05, 3.63) is 0 Å². The summed E-state index contributed by atoms with van der Waals surface area (Å²) in [5, 5.41) is 0. The molecule has 0 aromatic heterocycles. The maximum Gasteiger partial charge on any atom is 0.376 e. The molecule has 78 valence electrons. The Labute approximate surface area is 76.2 Å². The summed E-state index contributed by atoms with van der Waals surface area (Å²) in [6, 6.07) is 0. The molecule has 0 aromatic rings. The highest BCUT2D eigenvalue weighted by Gasteiger charge is 2.86. The molecule has 0 amide bonds. The van der Waals surface area contributed by atoms with Crippen LogP contribution in [0, 0.1) is 0 Å². The van der Waals surface area contributed by atoms with Gasteiger partial charge >= 0.3 is 17.8 Å². The molecule has 0 bridgehead atoms. The van der Waals surface area contributed by atoms with E-state index in [1.165, 1.54) is 15.9 Å². The monoisotopic (exact) mass is 274 g/mol. The number of hydrogen-bond donors (Lipinski definition) is 0. The lowest BCUT2D eigenvalue weighted by Gasteiger charge is -2.25. The first-order chi connectivity index (χ1) is 5.46. The summed E-state index contributed by atoms with van der Waals surface area (Å²) in [4.78, 5) is 0. The van der Waals surface area contributed by atoms with Gasteiger partial charge in [0.05, 0.1) is 6.42 Å². The Morgan fingerprint density at radius 1 is 0.769 bits per heavy atom. The Kier molecular flexibility index (Phi) is 1.97. The van der Waals surface area contributed by atoms with Gasteiger partial charge in [0.15, 0.2) is 0 Å². The molecule has 13 heavy (non-hydrogen) atoms. The minimum Gasteiger partial charge on any atom is -0.224 e. The van der Waals surface area contributed by atoms with Crippen molar-refractivity contribution in [2.24, 2.45) is 0 Å². The predicted octanol–water partition coefficient (Wildman–Crippen LogP) is 3.36. The van der Waals surface area contributed by atoms with Crippen LogP contribution in [0.3, 0.4) is 0 Å². The SMILES string of the molecule is FC1(F)CC(F)(Br)C(F)(F)C1(F)F. The topological polar surface area (TPSA) is 0 Å². The van der Waals surface area contributed by atoms with Gasteiger partial charge in [-0.15, -0.1) is 0 Å². The first-order valence-corrected chi connectivity index (χ1v) is 3.76. The third kappa shape index (κ3) is 1.10. The molecule has 1 aliphatic carbocycles. The van der Waals surface area contributed by atoms with Crippen molar-refractivity contribution in [2.45, 2.75) is 28.8 Å². The quantitative estimate of drug-likeness (QED) is 0.469. The molecule has 0 spiro atoms. The van der Waals surface area contributed by atoms with Crippen LogP contribution in [0.2, 0.25) is 0 Å². The first kappa shape index (κ1) is 11.1. The van der Waals surface area contributed by atoms with Gasteiger partial charge in [-0.25, -0.2) is 4.39 Å². The predicted molar refractivity (Wildman–Crippen MR) is 32.2 cm³/mol. The van der Waals surface area contributed by atoms with Crippen molar-refractivity contribution in [3.63, 3.8) is 0 Å². The van der Waals surface area contributed by atoms with E-state index >= 15 is 0 Å². The molecule has 1 fully saturated rings. The van der Waals surface area contributed by atoms with E-state index in [9.17, 15) is 30.7 Å². The van der Waals surface area contributed by atoms with Crippen molar-refractivity contribution < 1.29 is 30.7 Å². The van der Waals surface area contributed by atoms with Crippen LogP contribution in [0.4, 0.5) is 30.7 Å². The third-order valence-electron chi connectivity index (χ3n) is 1.76. The molecule has 1 aliphatic rings. The van der Waals surface area contributed by atoms with Crippen LogP contribution in [0.5, 0.6) is 0 Å². The second-order valence-corrected chi connectivity index (χ2v) is 3.99. The molecular weight excluding hydrogens is 273 g/mol. The lowest BCUT2D eigenvalue weighted by atomic mass is 10.2. The molecule has 0 saturated heterocycles. The van der Waals surface area contributed by atoms with E-state index in [1.807, 2.05) is 0 Å². The van der Waals surface area contributed by atoms with Crippen molar-refractivity contribution in [2.75, 3.05) is 0 Å². The van der Waals surface area contributed by atoms with E-state index in [-0.39, 0.29) is 0 Å². The lowest BCUT2D eigenvalue weighted by Crippen LogP contribution is -2.50. The Balaban J connectivity index is 3.24. The summed E-state index contributed by atoms with van der Waals surface area (Å²) < 4.78 is 82.1. The number of hydrogen-bond acceptors (Lipinski definition) is 0. The normalized spacial score (nSPS) is 40.6. The molecule has 8 heteroatoms. The van der Waals surface area contributed by atoms with Crippen LogP contribution in [-0.2, 0) is 0 Å². The molecule has 0 nitrogen and oxygen atoms in total. The maximum atomic E-state index is 12.6. The molecule has 0 N–H and O–H groups in total. The van der Waals surface area contributed by atoms with E-state index in [4.69, 9.17) is 0 Å². The van der Waals surface area contributed by atoms with Gasteiger partial charge < -0.3 is 0 Å². The highest BCUT2D eigenvalue weighted by Crippen LogP contribution is 2.64. The van der Waals surface area contributed by atoms with Crippen LogP contribution in [0.1, 0.15) is 6.42 Å². The molecule has 1 atom stereocenters. The van der Waals surface area contributed by atoms with Gasteiger partial charge in [0, 0.05) is 0 Å². The summed E-state index contributed by atoms with van der Waals surface area (Å²) in [7, 11) is 0. The average molecular weight is 275 g/mol.